The number of nitrogens with two attached hydrogens (primary N) is 1. The molecule has 108 valence electrons. The number of carboxylic acid groups (broad SMARTS) is 1. The number of hydrogen-bond donors (Lipinski definition) is 4. The van der Waals surface area contributed by atoms with Crippen LogP contribution in [0.5, 0.6) is 0 Å². The molecule has 19 heavy (non-hydrogen) atoms. The molecule has 0 aliphatic carbocycles. The highest BCUT2D eigenvalue weighted by Gasteiger charge is 2.36. The van der Waals surface area contributed by atoms with Crippen molar-refractivity contribution < 1.29 is 19.5 Å². The van der Waals surface area contributed by atoms with Crippen molar-refractivity contribution in [2.45, 2.75) is 50.6 Å². The van der Waals surface area contributed by atoms with Crippen LogP contribution in [0.4, 0.5) is 0 Å². The number of rotatable bonds is 6. The third kappa shape index (κ3) is 4.51. The van der Waals surface area contributed by atoms with E-state index in [1.54, 1.807) is 6.92 Å². The predicted molar refractivity (Wildman–Crippen MR) is 68.3 cm³/mol. The van der Waals surface area contributed by atoms with Crippen LogP contribution in [0.2, 0.25) is 0 Å². The first-order valence-electron chi connectivity index (χ1n) is 6.42. The molecule has 0 aromatic carbocycles. The van der Waals surface area contributed by atoms with Crippen LogP contribution in [0.25, 0.3) is 0 Å². The quantitative estimate of drug-likeness (QED) is 0.511. The molecular formula is C12H21N3O4. The maximum Gasteiger partial charge on any atom is 0.326 e. The molecule has 7 nitrogen and oxygen atoms in total. The van der Waals surface area contributed by atoms with Gasteiger partial charge in [-0.1, -0.05) is 0 Å². The van der Waals surface area contributed by atoms with Gasteiger partial charge in [0.15, 0.2) is 0 Å². The summed E-state index contributed by atoms with van der Waals surface area (Å²) in [5, 5.41) is 14.6. The topological polar surface area (TPSA) is 122 Å². The number of aliphatic carboxylic acids is 1. The van der Waals surface area contributed by atoms with Crippen molar-refractivity contribution >= 4 is 17.8 Å². The van der Waals surface area contributed by atoms with E-state index in [9.17, 15) is 14.4 Å². The molecule has 0 saturated carbocycles. The molecule has 2 atom stereocenters. The fourth-order valence-electron chi connectivity index (χ4n) is 2.11. The molecule has 7 heteroatoms. The minimum Gasteiger partial charge on any atom is -0.480 e. The van der Waals surface area contributed by atoms with Gasteiger partial charge in [-0.25, -0.2) is 4.79 Å². The van der Waals surface area contributed by atoms with Gasteiger partial charge in [0.05, 0.1) is 5.54 Å². The predicted octanol–water partition coefficient (Wildman–Crippen LogP) is -0.646. The summed E-state index contributed by atoms with van der Waals surface area (Å²) in [7, 11) is 0. The van der Waals surface area contributed by atoms with E-state index < -0.39 is 23.5 Å². The van der Waals surface area contributed by atoms with Gasteiger partial charge in [-0.3, -0.25) is 9.59 Å². The first kappa shape index (κ1) is 15.4. The monoisotopic (exact) mass is 271 g/mol. The number of piperidine rings is 1. The Labute approximate surface area is 111 Å². The first-order valence-corrected chi connectivity index (χ1v) is 6.42. The Balaban J connectivity index is 2.59. The lowest BCUT2D eigenvalue weighted by Gasteiger charge is -2.34. The molecule has 0 aromatic heterocycles. The van der Waals surface area contributed by atoms with Crippen molar-refractivity contribution in [2.75, 3.05) is 6.54 Å². The normalized spacial score (nSPS) is 24.5. The van der Waals surface area contributed by atoms with E-state index in [0.29, 0.717) is 6.42 Å². The van der Waals surface area contributed by atoms with Gasteiger partial charge < -0.3 is 21.5 Å². The zero-order chi connectivity index (χ0) is 14.5. The maximum absolute atomic E-state index is 12.1. The van der Waals surface area contributed by atoms with Gasteiger partial charge in [0, 0.05) is 6.42 Å². The highest BCUT2D eigenvalue weighted by molar-refractivity contribution is 5.90. The van der Waals surface area contributed by atoms with Crippen molar-refractivity contribution in [3.05, 3.63) is 0 Å². The van der Waals surface area contributed by atoms with Gasteiger partial charge >= 0.3 is 5.97 Å². The van der Waals surface area contributed by atoms with Gasteiger partial charge in [-0.2, -0.15) is 0 Å². The molecule has 2 amide bonds. The largest absolute Gasteiger partial charge is 0.480 e. The van der Waals surface area contributed by atoms with E-state index in [1.807, 2.05) is 0 Å². The van der Waals surface area contributed by atoms with E-state index in [-0.39, 0.29) is 18.7 Å². The number of carboxylic acids is 1. The number of carbonyl (C=O) groups excluding carboxylic acids is 2. The molecule has 1 aliphatic heterocycles. The summed E-state index contributed by atoms with van der Waals surface area (Å²) in [4.78, 5) is 33.9. The van der Waals surface area contributed by atoms with Crippen molar-refractivity contribution in [1.29, 1.82) is 0 Å². The minimum atomic E-state index is -1.16. The van der Waals surface area contributed by atoms with Crippen LogP contribution in [0.15, 0.2) is 0 Å². The van der Waals surface area contributed by atoms with Crippen molar-refractivity contribution in [2.24, 2.45) is 5.73 Å². The number of primary amides is 1. The lowest BCUT2D eigenvalue weighted by molar-refractivity contribution is -0.143. The average Bonchev–Trinajstić information content (AvgIpc) is 2.34. The second-order valence-corrected chi connectivity index (χ2v) is 5.09. The second-order valence-electron chi connectivity index (χ2n) is 5.09. The van der Waals surface area contributed by atoms with Gasteiger partial charge in [0.1, 0.15) is 6.04 Å². The van der Waals surface area contributed by atoms with Crippen LogP contribution in [-0.4, -0.2) is 41.0 Å². The van der Waals surface area contributed by atoms with Crippen molar-refractivity contribution in [3.8, 4) is 0 Å². The third-order valence-electron chi connectivity index (χ3n) is 3.40. The van der Waals surface area contributed by atoms with E-state index in [1.165, 1.54) is 0 Å². The fraction of sp³-hybridized carbons (Fsp3) is 0.750. The fourth-order valence-corrected chi connectivity index (χ4v) is 2.11. The molecule has 0 aromatic rings. The summed E-state index contributed by atoms with van der Waals surface area (Å²) in [5.41, 5.74) is 4.25. The molecule has 2 unspecified atom stereocenters. The maximum atomic E-state index is 12.1. The molecule has 5 N–H and O–H groups in total. The molecular weight excluding hydrogens is 250 g/mol. The van der Waals surface area contributed by atoms with Crippen LogP contribution < -0.4 is 16.4 Å². The SMILES string of the molecule is CC1(C(=O)NC(CCC(N)=O)C(=O)O)CCCCN1. The Morgan fingerprint density at radius 1 is 1.42 bits per heavy atom. The molecule has 0 bridgehead atoms. The van der Waals surface area contributed by atoms with Crippen molar-refractivity contribution in [3.63, 3.8) is 0 Å². The highest BCUT2D eigenvalue weighted by Crippen LogP contribution is 2.19. The number of amides is 2. The zero-order valence-corrected chi connectivity index (χ0v) is 11.1. The molecule has 1 heterocycles. The van der Waals surface area contributed by atoms with E-state index in [0.717, 1.165) is 19.4 Å². The lowest BCUT2D eigenvalue weighted by atomic mass is 9.89. The van der Waals surface area contributed by atoms with E-state index in [2.05, 4.69) is 10.6 Å². The Morgan fingerprint density at radius 3 is 2.58 bits per heavy atom. The van der Waals surface area contributed by atoms with Crippen LogP contribution in [0.1, 0.15) is 39.0 Å². The molecule has 1 fully saturated rings. The molecule has 1 saturated heterocycles. The smallest absolute Gasteiger partial charge is 0.326 e. The average molecular weight is 271 g/mol. The molecule has 1 rings (SSSR count). The van der Waals surface area contributed by atoms with Crippen LogP contribution in [-0.2, 0) is 14.4 Å². The van der Waals surface area contributed by atoms with Gasteiger partial charge in [-0.15, -0.1) is 0 Å². The first-order chi connectivity index (χ1) is 8.85. The number of hydrogen-bond acceptors (Lipinski definition) is 4. The summed E-state index contributed by atoms with van der Waals surface area (Å²) in [6.45, 7) is 2.50. The van der Waals surface area contributed by atoms with Gasteiger partial charge in [-0.05, 0) is 39.2 Å². The second kappa shape index (κ2) is 6.51. The molecule has 0 spiro atoms. The summed E-state index contributed by atoms with van der Waals surface area (Å²) in [6, 6.07) is -1.08. The number of nitrogens with one attached hydrogen (secondary N) is 2. The highest BCUT2D eigenvalue weighted by atomic mass is 16.4. The van der Waals surface area contributed by atoms with Crippen LogP contribution in [0.3, 0.4) is 0 Å². The Bertz CT molecular complexity index is 364. The lowest BCUT2D eigenvalue weighted by Crippen LogP contribution is -2.59. The van der Waals surface area contributed by atoms with Crippen molar-refractivity contribution in [1.82, 2.24) is 10.6 Å². The Morgan fingerprint density at radius 2 is 2.11 bits per heavy atom. The Kier molecular flexibility index (Phi) is 5.29. The van der Waals surface area contributed by atoms with E-state index >= 15 is 0 Å². The third-order valence-corrected chi connectivity index (χ3v) is 3.40. The summed E-state index contributed by atoms with van der Waals surface area (Å²) in [6.07, 6.45) is 2.54. The summed E-state index contributed by atoms with van der Waals surface area (Å²) < 4.78 is 0. The van der Waals surface area contributed by atoms with Gasteiger partial charge in [0.25, 0.3) is 0 Å². The minimum absolute atomic E-state index is 0.00644. The van der Waals surface area contributed by atoms with E-state index in [4.69, 9.17) is 10.8 Å². The standard InChI is InChI=1S/C12H21N3O4/c1-12(6-2-3-7-14-12)11(19)15-8(10(17)18)4-5-9(13)16/h8,14H,2-7H2,1H3,(H2,13,16)(H,15,19)(H,17,18). The molecule has 1 aliphatic rings. The summed E-state index contributed by atoms with van der Waals surface area (Å²) in [5.74, 6) is -2.08. The molecule has 0 radical (unpaired) electrons. The Hall–Kier alpha value is -1.63. The summed E-state index contributed by atoms with van der Waals surface area (Å²) >= 11 is 0. The zero-order valence-electron chi connectivity index (χ0n) is 11.1. The van der Waals surface area contributed by atoms with Crippen LogP contribution in [0, 0.1) is 0 Å². The number of carbonyl (C=O) groups is 3. The van der Waals surface area contributed by atoms with Gasteiger partial charge in [0.2, 0.25) is 11.8 Å². The van der Waals surface area contributed by atoms with Crippen LogP contribution >= 0.6 is 0 Å².